The van der Waals surface area contributed by atoms with E-state index in [0.29, 0.717) is 5.75 Å². The van der Waals surface area contributed by atoms with Crippen LogP contribution >= 0.6 is 0 Å². The molecule has 0 aliphatic heterocycles. The summed E-state index contributed by atoms with van der Waals surface area (Å²) in [5.74, 6) is 0.304. The highest BCUT2D eigenvalue weighted by atomic mass is 16.3. The molecule has 1 N–H and O–H groups in total. The molecule has 0 fully saturated rings. The zero-order chi connectivity index (χ0) is 10.3. The van der Waals surface area contributed by atoms with Crippen molar-refractivity contribution in [3.63, 3.8) is 0 Å². The SMILES string of the molecule is Oc1ccc2cc3cccc[n+]3cc2c1. The van der Waals surface area contributed by atoms with Crippen LogP contribution in [0.4, 0.5) is 0 Å². The van der Waals surface area contributed by atoms with Gasteiger partial charge in [0.25, 0.3) is 0 Å². The number of hydrogen-bond acceptors (Lipinski definition) is 1. The first kappa shape index (κ1) is 8.24. The molecule has 0 unspecified atom stereocenters. The summed E-state index contributed by atoms with van der Waals surface area (Å²) in [5, 5.41) is 11.6. The van der Waals surface area contributed by atoms with Crippen molar-refractivity contribution in [3.05, 3.63) is 54.9 Å². The normalized spacial score (nSPS) is 10.9. The highest BCUT2D eigenvalue weighted by Gasteiger charge is 2.04. The third kappa shape index (κ3) is 1.31. The second-order valence-electron chi connectivity index (χ2n) is 3.62. The summed E-state index contributed by atoms with van der Waals surface area (Å²) in [6.45, 7) is 0. The fourth-order valence-corrected chi connectivity index (χ4v) is 1.82. The van der Waals surface area contributed by atoms with Gasteiger partial charge in [0.1, 0.15) is 5.75 Å². The quantitative estimate of drug-likeness (QED) is 0.433. The molecule has 3 aromatic rings. The van der Waals surface area contributed by atoms with Gasteiger partial charge >= 0.3 is 0 Å². The number of aromatic hydroxyl groups is 1. The highest BCUT2D eigenvalue weighted by molar-refractivity contribution is 5.84. The number of benzene rings is 1. The molecule has 15 heavy (non-hydrogen) atoms. The first-order valence-corrected chi connectivity index (χ1v) is 4.86. The molecule has 72 valence electrons. The predicted molar refractivity (Wildman–Crippen MR) is 58.8 cm³/mol. The van der Waals surface area contributed by atoms with Crippen LogP contribution in [0.2, 0.25) is 0 Å². The van der Waals surface area contributed by atoms with Crippen LogP contribution < -0.4 is 4.40 Å². The summed E-state index contributed by atoms with van der Waals surface area (Å²) in [6, 6.07) is 13.6. The number of nitrogens with zero attached hydrogens (tertiary/aromatic N) is 1. The molecule has 2 heteroatoms. The van der Waals surface area contributed by atoms with E-state index in [1.165, 1.54) is 0 Å². The Morgan fingerprint density at radius 2 is 1.87 bits per heavy atom. The molecule has 0 amide bonds. The Bertz CT molecular complexity index is 646. The third-order valence-electron chi connectivity index (χ3n) is 2.57. The Morgan fingerprint density at radius 3 is 2.80 bits per heavy atom. The van der Waals surface area contributed by atoms with Gasteiger partial charge in [0.15, 0.2) is 12.4 Å². The Balaban J connectivity index is 2.47. The van der Waals surface area contributed by atoms with Crippen molar-refractivity contribution in [1.82, 2.24) is 0 Å². The number of pyridine rings is 2. The minimum absolute atomic E-state index is 0.304. The van der Waals surface area contributed by atoms with Crippen LogP contribution in [0.15, 0.2) is 54.9 Å². The van der Waals surface area contributed by atoms with Crippen molar-refractivity contribution >= 4 is 16.3 Å². The summed E-state index contributed by atoms with van der Waals surface area (Å²) in [6.07, 6.45) is 4.02. The maximum absolute atomic E-state index is 9.39. The lowest BCUT2D eigenvalue weighted by atomic mass is 10.1. The average molecular weight is 196 g/mol. The number of aromatic nitrogens is 1. The second kappa shape index (κ2) is 2.95. The number of fused-ring (bicyclic) bond motifs is 2. The largest absolute Gasteiger partial charge is 0.508 e. The van der Waals surface area contributed by atoms with Crippen molar-refractivity contribution in [1.29, 1.82) is 0 Å². The molecule has 1 aromatic carbocycles. The van der Waals surface area contributed by atoms with Crippen LogP contribution in [0.5, 0.6) is 5.75 Å². The molecule has 0 spiro atoms. The fourth-order valence-electron chi connectivity index (χ4n) is 1.82. The molecule has 0 saturated heterocycles. The van der Waals surface area contributed by atoms with Gasteiger partial charge < -0.3 is 5.11 Å². The highest BCUT2D eigenvalue weighted by Crippen LogP contribution is 2.19. The molecule has 3 rings (SSSR count). The van der Waals surface area contributed by atoms with E-state index >= 15 is 0 Å². The molecule has 0 saturated carbocycles. The number of hydrogen-bond donors (Lipinski definition) is 1. The number of phenolic OH excluding ortho intramolecular Hbond substituents is 1. The van der Waals surface area contributed by atoms with Crippen LogP contribution in [0.3, 0.4) is 0 Å². The van der Waals surface area contributed by atoms with E-state index in [1.807, 2.05) is 35.0 Å². The maximum Gasteiger partial charge on any atom is 0.211 e. The molecular formula is C13H10NO+. The van der Waals surface area contributed by atoms with Gasteiger partial charge in [0, 0.05) is 23.6 Å². The summed E-state index contributed by atoms with van der Waals surface area (Å²) < 4.78 is 2.04. The van der Waals surface area contributed by atoms with Crippen LogP contribution in [0.1, 0.15) is 0 Å². The van der Waals surface area contributed by atoms with E-state index in [4.69, 9.17) is 0 Å². The minimum atomic E-state index is 0.304. The summed E-state index contributed by atoms with van der Waals surface area (Å²) >= 11 is 0. The van der Waals surface area contributed by atoms with E-state index in [1.54, 1.807) is 12.1 Å². The van der Waals surface area contributed by atoms with Crippen molar-refractivity contribution < 1.29 is 9.51 Å². The standard InChI is InChI=1S/C13H9NO/c15-13-5-4-10-7-12-3-1-2-6-14(12)9-11(10)8-13/h1-9H/p+1. The molecule has 2 heterocycles. The molecule has 2 aromatic heterocycles. The number of rotatable bonds is 0. The molecule has 0 aliphatic rings. The lowest BCUT2D eigenvalue weighted by Crippen LogP contribution is -2.19. The number of phenols is 1. The average Bonchev–Trinajstić information content (AvgIpc) is 2.26. The lowest BCUT2D eigenvalue weighted by Gasteiger charge is -1.97. The molecule has 2 nitrogen and oxygen atoms in total. The van der Waals surface area contributed by atoms with Gasteiger partial charge in [-0.3, -0.25) is 0 Å². The van der Waals surface area contributed by atoms with Crippen molar-refractivity contribution in [2.75, 3.05) is 0 Å². The van der Waals surface area contributed by atoms with Crippen LogP contribution in [0.25, 0.3) is 16.3 Å². The second-order valence-corrected chi connectivity index (χ2v) is 3.62. The molecule has 0 bridgehead atoms. The minimum Gasteiger partial charge on any atom is -0.508 e. The summed E-state index contributed by atoms with van der Waals surface area (Å²) in [4.78, 5) is 0. The van der Waals surface area contributed by atoms with E-state index in [9.17, 15) is 5.11 Å². The fraction of sp³-hybridized carbons (Fsp3) is 0. The van der Waals surface area contributed by atoms with E-state index in [-0.39, 0.29) is 0 Å². The van der Waals surface area contributed by atoms with Gasteiger partial charge in [-0.2, -0.15) is 4.40 Å². The van der Waals surface area contributed by atoms with Gasteiger partial charge in [0.05, 0.1) is 0 Å². The van der Waals surface area contributed by atoms with Crippen LogP contribution in [-0.2, 0) is 0 Å². The summed E-state index contributed by atoms with van der Waals surface area (Å²) in [7, 11) is 0. The van der Waals surface area contributed by atoms with E-state index in [0.717, 1.165) is 16.3 Å². The monoisotopic (exact) mass is 196 g/mol. The van der Waals surface area contributed by atoms with Gasteiger partial charge in [-0.1, -0.05) is 6.07 Å². The van der Waals surface area contributed by atoms with Gasteiger partial charge in [-0.05, 0) is 23.6 Å². The van der Waals surface area contributed by atoms with E-state index < -0.39 is 0 Å². The first-order valence-electron chi connectivity index (χ1n) is 4.86. The first-order chi connectivity index (χ1) is 7.33. The van der Waals surface area contributed by atoms with Crippen molar-refractivity contribution in [2.45, 2.75) is 0 Å². The van der Waals surface area contributed by atoms with Gasteiger partial charge in [0.2, 0.25) is 5.52 Å². The van der Waals surface area contributed by atoms with Crippen molar-refractivity contribution in [3.8, 4) is 5.75 Å². The van der Waals surface area contributed by atoms with Crippen molar-refractivity contribution in [2.24, 2.45) is 0 Å². The summed E-state index contributed by atoms with van der Waals surface area (Å²) in [5.41, 5.74) is 1.15. The van der Waals surface area contributed by atoms with Crippen LogP contribution in [0, 0.1) is 0 Å². The topological polar surface area (TPSA) is 24.3 Å². The Hall–Kier alpha value is -2.09. The van der Waals surface area contributed by atoms with E-state index in [2.05, 4.69) is 12.1 Å². The zero-order valence-electron chi connectivity index (χ0n) is 8.09. The lowest BCUT2D eigenvalue weighted by molar-refractivity contribution is -0.510. The van der Waals surface area contributed by atoms with Gasteiger partial charge in [-0.15, -0.1) is 0 Å². The Morgan fingerprint density at radius 1 is 0.933 bits per heavy atom. The molecule has 0 aliphatic carbocycles. The molecular weight excluding hydrogens is 186 g/mol. The Labute approximate surface area is 87.0 Å². The Kier molecular flexibility index (Phi) is 1.62. The smallest absolute Gasteiger partial charge is 0.211 e. The zero-order valence-corrected chi connectivity index (χ0v) is 8.09. The predicted octanol–water partition coefficient (Wildman–Crippen LogP) is 2.28. The van der Waals surface area contributed by atoms with Gasteiger partial charge in [-0.25, -0.2) is 0 Å². The van der Waals surface area contributed by atoms with Crippen LogP contribution in [-0.4, -0.2) is 5.11 Å². The maximum atomic E-state index is 9.39. The molecule has 0 atom stereocenters. The molecule has 0 radical (unpaired) electrons. The third-order valence-corrected chi connectivity index (χ3v) is 2.57.